The summed E-state index contributed by atoms with van der Waals surface area (Å²) in [6, 6.07) is 8.27. The molecule has 2 aliphatic rings. The van der Waals surface area contributed by atoms with Crippen molar-refractivity contribution in [1.82, 2.24) is 25.2 Å². The Kier molecular flexibility index (Phi) is 6.73. The molecule has 0 bridgehead atoms. The molecule has 0 radical (unpaired) electrons. The standard InChI is InChI=1S/C24H27ClFN7O/c25-17-7-6-16(19(26)14-17)15-29-22-18-4-3-9-28-21(18)30-24(31-22)33-12-10-32(11-13-33)23(34)20-5-1-2-8-27-20/h3-4,6-7,9,14,20,27H,1-2,5,8,10-13,15H2,(H,28,29,30,31)/t20-/m1/s1. The lowest BCUT2D eigenvalue weighted by molar-refractivity contribution is -0.134. The molecular weight excluding hydrogens is 457 g/mol. The number of amides is 1. The van der Waals surface area contributed by atoms with Gasteiger partial charge in [0.05, 0.1) is 11.4 Å². The first-order valence-electron chi connectivity index (χ1n) is 11.7. The number of piperazine rings is 1. The van der Waals surface area contributed by atoms with E-state index in [4.69, 9.17) is 16.6 Å². The summed E-state index contributed by atoms with van der Waals surface area (Å²) >= 11 is 5.87. The molecule has 1 aromatic carbocycles. The molecule has 34 heavy (non-hydrogen) atoms. The van der Waals surface area contributed by atoms with Gasteiger partial charge >= 0.3 is 0 Å². The van der Waals surface area contributed by atoms with Gasteiger partial charge in [-0.15, -0.1) is 0 Å². The summed E-state index contributed by atoms with van der Waals surface area (Å²) in [6.45, 7) is 3.69. The van der Waals surface area contributed by atoms with E-state index in [0.717, 1.165) is 31.2 Å². The molecule has 8 nitrogen and oxygen atoms in total. The van der Waals surface area contributed by atoms with Gasteiger partial charge in [0.1, 0.15) is 11.6 Å². The summed E-state index contributed by atoms with van der Waals surface area (Å²) in [5.41, 5.74) is 1.06. The average Bonchev–Trinajstić information content (AvgIpc) is 2.88. The van der Waals surface area contributed by atoms with E-state index in [1.807, 2.05) is 17.0 Å². The summed E-state index contributed by atoms with van der Waals surface area (Å²) in [6.07, 6.45) is 4.82. The second-order valence-electron chi connectivity index (χ2n) is 8.65. The van der Waals surface area contributed by atoms with Crippen LogP contribution in [0.1, 0.15) is 24.8 Å². The number of piperidine rings is 1. The van der Waals surface area contributed by atoms with E-state index < -0.39 is 0 Å². The summed E-state index contributed by atoms with van der Waals surface area (Å²) in [4.78, 5) is 30.7. The number of carbonyl (C=O) groups excluding carboxylic acids is 1. The van der Waals surface area contributed by atoms with Crippen LogP contribution in [0.2, 0.25) is 5.02 Å². The minimum atomic E-state index is -0.370. The minimum absolute atomic E-state index is 0.0644. The predicted octanol–water partition coefficient (Wildman–Crippen LogP) is 3.22. The Labute approximate surface area is 202 Å². The van der Waals surface area contributed by atoms with E-state index >= 15 is 0 Å². The molecule has 2 aliphatic heterocycles. The quantitative estimate of drug-likeness (QED) is 0.576. The highest BCUT2D eigenvalue weighted by Crippen LogP contribution is 2.24. The van der Waals surface area contributed by atoms with Crippen LogP contribution in [0.15, 0.2) is 36.5 Å². The average molecular weight is 484 g/mol. The van der Waals surface area contributed by atoms with E-state index in [0.29, 0.717) is 54.2 Å². The number of benzene rings is 1. The van der Waals surface area contributed by atoms with Gasteiger partial charge in [-0.25, -0.2) is 9.37 Å². The van der Waals surface area contributed by atoms with Crippen LogP contribution in [-0.4, -0.2) is 64.5 Å². The highest BCUT2D eigenvalue weighted by molar-refractivity contribution is 6.30. The normalized spacial score (nSPS) is 18.8. The Morgan fingerprint density at radius 1 is 1.18 bits per heavy atom. The van der Waals surface area contributed by atoms with Crippen LogP contribution in [0.4, 0.5) is 16.2 Å². The number of fused-ring (bicyclic) bond motifs is 1. The zero-order valence-electron chi connectivity index (χ0n) is 18.8. The van der Waals surface area contributed by atoms with E-state index in [1.165, 1.54) is 6.07 Å². The molecule has 2 N–H and O–H groups in total. The van der Waals surface area contributed by atoms with Gasteiger partial charge in [0.15, 0.2) is 5.65 Å². The van der Waals surface area contributed by atoms with E-state index in [9.17, 15) is 9.18 Å². The number of nitrogens with one attached hydrogen (secondary N) is 2. The molecule has 178 valence electrons. The predicted molar refractivity (Wildman–Crippen MR) is 131 cm³/mol. The summed E-state index contributed by atoms with van der Waals surface area (Å²) in [5, 5.41) is 7.70. The number of anilines is 2. The zero-order chi connectivity index (χ0) is 23.5. The number of rotatable bonds is 5. The lowest BCUT2D eigenvalue weighted by Crippen LogP contribution is -2.55. The Balaban J connectivity index is 1.31. The maximum atomic E-state index is 14.3. The first kappa shape index (κ1) is 22.7. The van der Waals surface area contributed by atoms with Gasteiger partial charge in [0, 0.05) is 49.5 Å². The van der Waals surface area contributed by atoms with Gasteiger partial charge in [-0.2, -0.15) is 9.97 Å². The molecule has 0 spiro atoms. The van der Waals surface area contributed by atoms with Crippen molar-refractivity contribution in [2.24, 2.45) is 0 Å². The van der Waals surface area contributed by atoms with Crippen LogP contribution in [0.25, 0.3) is 11.0 Å². The first-order chi connectivity index (χ1) is 16.6. The van der Waals surface area contributed by atoms with Gasteiger partial charge in [-0.3, -0.25) is 4.79 Å². The molecule has 3 aromatic rings. The third-order valence-electron chi connectivity index (χ3n) is 6.40. The van der Waals surface area contributed by atoms with E-state index in [1.54, 1.807) is 18.3 Å². The number of hydrogen-bond donors (Lipinski definition) is 2. The van der Waals surface area contributed by atoms with Crippen molar-refractivity contribution in [1.29, 1.82) is 0 Å². The third kappa shape index (κ3) is 4.90. The Bertz CT molecular complexity index is 1180. The molecular formula is C24H27ClFN7O. The van der Waals surface area contributed by atoms with Crippen molar-refractivity contribution in [2.45, 2.75) is 31.8 Å². The molecule has 0 unspecified atom stereocenters. The van der Waals surface area contributed by atoms with Gasteiger partial charge in [-0.05, 0) is 43.7 Å². The Morgan fingerprint density at radius 3 is 2.79 bits per heavy atom. The largest absolute Gasteiger partial charge is 0.365 e. The third-order valence-corrected chi connectivity index (χ3v) is 6.64. The smallest absolute Gasteiger partial charge is 0.239 e. The molecule has 0 aliphatic carbocycles. The zero-order valence-corrected chi connectivity index (χ0v) is 19.6. The first-order valence-corrected chi connectivity index (χ1v) is 12.0. The van der Waals surface area contributed by atoms with Crippen molar-refractivity contribution < 1.29 is 9.18 Å². The minimum Gasteiger partial charge on any atom is -0.365 e. The fraction of sp³-hybridized carbons (Fsp3) is 0.417. The van der Waals surface area contributed by atoms with Gasteiger partial charge in [-0.1, -0.05) is 24.1 Å². The van der Waals surface area contributed by atoms with Crippen LogP contribution in [0, 0.1) is 5.82 Å². The fourth-order valence-electron chi connectivity index (χ4n) is 4.48. The molecule has 1 amide bonds. The molecule has 1 atom stereocenters. The van der Waals surface area contributed by atoms with Gasteiger partial charge < -0.3 is 20.4 Å². The lowest BCUT2D eigenvalue weighted by atomic mass is 10.0. The number of nitrogens with zero attached hydrogens (tertiary/aromatic N) is 5. The summed E-state index contributed by atoms with van der Waals surface area (Å²) < 4.78 is 14.3. The van der Waals surface area contributed by atoms with Crippen LogP contribution in [-0.2, 0) is 11.3 Å². The van der Waals surface area contributed by atoms with Crippen LogP contribution in [0.3, 0.4) is 0 Å². The molecule has 5 rings (SSSR count). The second-order valence-corrected chi connectivity index (χ2v) is 9.09. The molecule has 0 saturated carbocycles. The maximum Gasteiger partial charge on any atom is 0.239 e. The van der Waals surface area contributed by atoms with E-state index in [2.05, 4.69) is 25.5 Å². The fourth-order valence-corrected chi connectivity index (χ4v) is 4.64. The molecule has 10 heteroatoms. The number of carbonyl (C=O) groups is 1. The number of halogens is 2. The van der Waals surface area contributed by atoms with Crippen molar-refractivity contribution in [3.8, 4) is 0 Å². The molecule has 2 fully saturated rings. The van der Waals surface area contributed by atoms with E-state index in [-0.39, 0.29) is 24.3 Å². The SMILES string of the molecule is O=C([C@H]1CCCCN1)N1CCN(c2nc(NCc3ccc(Cl)cc3F)c3cccnc3n2)CC1. The topological polar surface area (TPSA) is 86.3 Å². The van der Waals surface area contributed by atoms with Crippen molar-refractivity contribution in [2.75, 3.05) is 42.9 Å². The van der Waals surface area contributed by atoms with Crippen molar-refractivity contribution >= 4 is 40.3 Å². The molecule has 4 heterocycles. The Hall–Kier alpha value is -3.04. The van der Waals surface area contributed by atoms with Gasteiger partial charge in [0.2, 0.25) is 11.9 Å². The van der Waals surface area contributed by atoms with Crippen LogP contribution in [0.5, 0.6) is 0 Å². The number of hydrogen-bond acceptors (Lipinski definition) is 7. The Morgan fingerprint density at radius 2 is 2.03 bits per heavy atom. The van der Waals surface area contributed by atoms with Gasteiger partial charge in [0.25, 0.3) is 0 Å². The van der Waals surface area contributed by atoms with Crippen LogP contribution < -0.4 is 15.5 Å². The number of pyridine rings is 1. The molecule has 2 saturated heterocycles. The summed E-state index contributed by atoms with van der Waals surface area (Å²) in [5.74, 6) is 0.957. The lowest BCUT2D eigenvalue weighted by Gasteiger charge is -2.37. The monoisotopic (exact) mass is 483 g/mol. The highest BCUT2D eigenvalue weighted by atomic mass is 35.5. The number of aromatic nitrogens is 3. The molecule has 2 aromatic heterocycles. The maximum absolute atomic E-state index is 14.3. The van der Waals surface area contributed by atoms with Crippen LogP contribution >= 0.6 is 11.6 Å². The highest BCUT2D eigenvalue weighted by Gasteiger charge is 2.29. The van der Waals surface area contributed by atoms with Crippen molar-refractivity contribution in [3.63, 3.8) is 0 Å². The second kappa shape index (κ2) is 10.1. The summed E-state index contributed by atoms with van der Waals surface area (Å²) in [7, 11) is 0. The van der Waals surface area contributed by atoms with Crippen molar-refractivity contribution in [3.05, 3.63) is 52.9 Å².